The molecule has 18 heavy (non-hydrogen) atoms. The molecule has 2 nitrogen and oxygen atoms in total. The second-order valence-corrected chi connectivity index (χ2v) is 6.86. The Bertz CT molecular complexity index is 384. The standard InChI is InChI=1S/C15H26N2S/c1-6-15(4,5)18-14-10-9-12(11-13(14)16)17(7-2)8-3/h9-11H,6-8,16H2,1-5H3. The Kier molecular flexibility index (Phi) is 5.39. The van der Waals surface area contributed by atoms with Gasteiger partial charge in [-0.1, -0.05) is 20.8 Å². The fourth-order valence-corrected chi connectivity index (χ4v) is 2.84. The van der Waals surface area contributed by atoms with Crippen molar-refractivity contribution in [3.8, 4) is 0 Å². The normalized spacial score (nSPS) is 11.6. The van der Waals surface area contributed by atoms with Crippen LogP contribution in [0.4, 0.5) is 11.4 Å². The van der Waals surface area contributed by atoms with Crippen LogP contribution in [0, 0.1) is 0 Å². The monoisotopic (exact) mass is 266 g/mol. The topological polar surface area (TPSA) is 29.3 Å². The van der Waals surface area contributed by atoms with Crippen LogP contribution < -0.4 is 10.6 Å². The molecule has 0 aromatic heterocycles. The molecule has 0 atom stereocenters. The van der Waals surface area contributed by atoms with Gasteiger partial charge in [-0.25, -0.2) is 0 Å². The van der Waals surface area contributed by atoms with E-state index in [0.29, 0.717) is 0 Å². The molecule has 1 aromatic rings. The predicted octanol–water partition coefficient (Wildman–Crippen LogP) is 4.40. The summed E-state index contributed by atoms with van der Waals surface area (Å²) in [5.41, 5.74) is 8.30. The van der Waals surface area contributed by atoms with Gasteiger partial charge < -0.3 is 10.6 Å². The summed E-state index contributed by atoms with van der Waals surface area (Å²) in [7, 11) is 0. The Balaban J connectivity index is 2.92. The fourth-order valence-electron chi connectivity index (χ4n) is 1.78. The average molecular weight is 266 g/mol. The smallest absolute Gasteiger partial charge is 0.0473 e. The van der Waals surface area contributed by atoms with Gasteiger partial charge in [0.1, 0.15) is 0 Å². The van der Waals surface area contributed by atoms with E-state index in [1.165, 1.54) is 10.6 Å². The van der Waals surface area contributed by atoms with Gasteiger partial charge in [0.15, 0.2) is 0 Å². The number of hydrogen-bond acceptors (Lipinski definition) is 3. The number of nitrogens with two attached hydrogens (primary N) is 1. The molecular weight excluding hydrogens is 240 g/mol. The van der Waals surface area contributed by atoms with Gasteiger partial charge in [0.25, 0.3) is 0 Å². The number of nitrogen functional groups attached to an aromatic ring is 1. The van der Waals surface area contributed by atoms with E-state index in [2.05, 4.69) is 57.7 Å². The number of nitrogens with zero attached hydrogens (tertiary/aromatic N) is 1. The van der Waals surface area contributed by atoms with E-state index in [-0.39, 0.29) is 4.75 Å². The van der Waals surface area contributed by atoms with Crippen molar-refractivity contribution in [3.05, 3.63) is 18.2 Å². The van der Waals surface area contributed by atoms with E-state index in [1.807, 2.05) is 11.8 Å². The number of thioether (sulfide) groups is 1. The third kappa shape index (κ3) is 3.84. The average Bonchev–Trinajstić information content (AvgIpc) is 2.34. The maximum atomic E-state index is 6.18. The highest BCUT2D eigenvalue weighted by Gasteiger charge is 2.18. The lowest BCUT2D eigenvalue weighted by atomic mass is 10.1. The molecule has 1 rings (SSSR count). The molecule has 0 unspecified atom stereocenters. The number of hydrogen-bond donors (Lipinski definition) is 1. The molecule has 3 heteroatoms. The van der Waals surface area contributed by atoms with Crippen LogP contribution in [-0.4, -0.2) is 17.8 Å². The summed E-state index contributed by atoms with van der Waals surface area (Å²) < 4.78 is 0.241. The van der Waals surface area contributed by atoms with Crippen LogP contribution in [-0.2, 0) is 0 Å². The van der Waals surface area contributed by atoms with Gasteiger partial charge in [-0.2, -0.15) is 0 Å². The first-order valence-electron chi connectivity index (χ1n) is 6.77. The van der Waals surface area contributed by atoms with Crippen molar-refractivity contribution in [2.45, 2.75) is 50.7 Å². The van der Waals surface area contributed by atoms with Gasteiger partial charge in [-0.3, -0.25) is 0 Å². The number of anilines is 2. The van der Waals surface area contributed by atoms with Crippen LogP contribution in [0.25, 0.3) is 0 Å². The molecule has 0 saturated heterocycles. The molecule has 0 fully saturated rings. The Morgan fingerprint density at radius 2 is 1.78 bits per heavy atom. The maximum Gasteiger partial charge on any atom is 0.0473 e. The first-order chi connectivity index (χ1) is 8.43. The molecule has 0 amide bonds. The number of rotatable bonds is 6. The molecule has 0 saturated carbocycles. The molecule has 102 valence electrons. The minimum absolute atomic E-state index is 0.241. The Morgan fingerprint density at radius 3 is 2.22 bits per heavy atom. The summed E-state index contributed by atoms with van der Waals surface area (Å²) in [4.78, 5) is 3.51. The SMILES string of the molecule is CCN(CC)c1ccc(SC(C)(C)CC)c(N)c1. The van der Waals surface area contributed by atoms with Crippen molar-refractivity contribution in [2.75, 3.05) is 23.7 Å². The van der Waals surface area contributed by atoms with Crippen molar-refractivity contribution in [2.24, 2.45) is 0 Å². The maximum absolute atomic E-state index is 6.18. The first kappa shape index (κ1) is 15.2. The second-order valence-electron chi connectivity index (χ2n) is 5.11. The minimum atomic E-state index is 0.241. The van der Waals surface area contributed by atoms with Crippen LogP contribution in [0.1, 0.15) is 41.0 Å². The highest BCUT2D eigenvalue weighted by atomic mass is 32.2. The molecule has 0 heterocycles. The molecule has 1 aromatic carbocycles. The molecule has 0 bridgehead atoms. The summed E-state index contributed by atoms with van der Waals surface area (Å²) in [6, 6.07) is 6.43. The van der Waals surface area contributed by atoms with E-state index >= 15 is 0 Å². The van der Waals surface area contributed by atoms with E-state index in [1.54, 1.807) is 0 Å². The minimum Gasteiger partial charge on any atom is -0.398 e. The molecule has 0 aliphatic heterocycles. The van der Waals surface area contributed by atoms with Crippen LogP contribution in [0.5, 0.6) is 0 Å². The second kappa shape index (κ2) is 6.37. The molecular formula is C15H26N2S. The van der Waals surface area contributed by atoms with Crippen LogP contribution in [0.3, 0.4) is 0 Å². The summed E-state index contributed by atoms with van der Waals surface area (Å²) in [6.45, 7) is 13.1. The van der Waals surface area contributed by atoms with Crippen LogP contribution in [0.2, 0.25) is 0 Å². The molecule has 2 N–H and O–H groups in total. The highest BCUT2D eigenvalue weighted by molar-refractivity contribution is 8.00. The zero-order valence-electron chi connectivity index (χ0n) is 12.3. The third-order valence-corrected chi connectivity index (χ3v) is 4.79. The first-order valence-corrected chi connectivity index (χ1v) is 7.58. The van der Waals surface area contributed by atoms with E-state index in [9.17, 15) is 0 Å². The lowest BCUT2D eigenvalue weighted by Gasteiger charge is -2.25. The van der Waals surface area contributed by atoms with Crippen molar-refractivity contribution < 1.29 is 0 Å². The summed E-state index contributed by atoms with van der Waals surface area (Å²) >= 11 is 1.86. The van der Waals surface area contributed by atoms with Crippen molar-refractivity contribution in [1.29, 1.82) is 0 Å². The summed E-state index contributed by atoms with van der Waals surface area (Å²) in [6.07, 6.45) is 1.13. The lowest BCUT2D eigenvalue weighted by molar-refractivity contribution is 0.685. The van der Waals surface area contributed by atoms with Crippen LogP contribution >= 0.6 is 11.8 Å². The van der Waals surface area contributed by atoms with Gasteiger partial charge in [0.05, 0.1) is 0 Å². The predicted molar refractivity (Wildman–Crippen MR) is 84.6 cm³/mol. The van der Waals surface area contributed by atoms with Gasteiger partial charge in [-0.05, 0) is 38.5 Å². The van der Waals surface area contributed by atoms with E-state index < -0.39 is 0 Å². The van der Waals surface area contributed by atoms with E-state index in [4.69, 9.17) is 5.73 Å². The molecule has 0 radical (unpaired) electrons. The Morgan fingerprint density at radius 1 is 1.17 bits per heavy atom. The van der Waals surface area contributed by atoms with Crippen molar-refractivity contribution in [1.82, 2.24) is 0 Å². The molecule has 0 aliphatic rings. The van der Waals surface area contributed by atoms with E-state index in [0.717, 1.165) is 25.2 Å². The van der Waals surface area contributed by atoms with Gasteiger partial charge in [-0.15, -0.1) is 11.8 Å². The third-order valence-electron chi connectivity index (χ3n) is 3.36. The highest BCUT2D eigenvalue weighted by Crippen LogP contribution is 2.39. The summed E-state index contributed by atoms with van der Waals surface area (Å²) in [5, 5.41) is 0. The largest absolute Gasteiger partial charge is 0.398 e. The Hall–Kier alpha value is -0.830. The molecule has 0 aliphatic carbocycles. The zero-order valence-corrected chi connectivity index (χ0v) is 13.1. The fraction of sp³-hybridized carbons (Fsp3) is 0.600. The Labute approximate surface area is 116 Å². The summed E-state index contributed by atoms with van der Waals surface area (Å²) in [5.74, 6) is 0. The van der Waals surface area contributed by atoms with Crippen LogP contribution in [0.15, 0.2) is 23.1 Å². The van der Waals surface area contributed by atoms with Gasteiger partial charge in [0, 0.05) is 34.1 Å². The zero-order chi connectivity index (χ0) is 13.8. The van der Waals surface area contributed by atoms with Gasteiger partial charge in [0.2, 0.25) is 0 Å². The van der Waals surface area contributed by atoms with Crippen molar-refractivity contribution >= 4 is 23.1 Å². The van der Waals surface area contributed by atoms with Crippen molar-refractivity contribution in [3.63, 3.8) is 0 Å². The lowest BCUT2D eigenvalue weighted by Crippen LogP contribution is -2.22. The molecule has 0 spiro atoms. The quantitative estimate of drug-likeness (QED) is 0.611. The number of benzene rings is 1. The van der Waals surface area contributed by atoms with Gasteiger partial charge >= 0.3 is 0 Å².